The number of rotatable bonds is 11. The summed E-state index contributed by atoms with van der Waals surface area (Å²) in [6.45, 7) is 0. The molecule has 158 valence electrons. The Balaban J connectivity index is 1.60. The Hall–Kier alpha value is -1.95. The van der Waals surface area contributed by atoms with Gasteiger partial charge >= 0.3 is 14.2 Å². The van der Waals surface area contributed by atoms with E-state index in [-0.39, 0.29) is 24.7 Å². The van der Waals surface area contributed by atoms with Crippen molar-refractivity contribution in [1.82, 2.24) is 0 Å². The number of carbonyl (C=O) groups excluding carboxylic acids is 2. The van der Waals surface area contributed by atoms with Crippen LogP contribution in [-0.2, 0) is 9.59 Å². The maximum atomic E-state index is 12.0. The third-order valence-corrected chi connectivity index (χ3v) is 6.25. The molecule has 30 heavy (non-hydrogen) atoms. The van der Waals surface area contributed by atoms with Crippen LogP contribution in [0.15, 0.2) is 48.5 Å². The van der Waals surface area contributed by atoms with Gasteiger partial charge in [-0.2, -0.15) is 0 Å². The van der Waals surface area contributed by atoms with Gasteiger partial charge < -0.3 is 30.7 Å². The number of amides is 2. The molecule has 0 aliphatic rings. The fraction of sp³-hybridized carbons (Fsp3) is 0.222. The normalized spacial score (nSPS) is 10.4. The first-order valence-electron chi connectivity index (χ1n) is 9.11. The molecule has 6 N–H and O–H groups in total. The van der Waals surface area contributed by atoms with Crippen molar-refractivity contribution < 1.29 is 29.7 Å². The minimum Gasteiger partial charge on any atom is -0.423 e. The summed E-state index contributed by atoms with van der Waals surface area (Å²) in [6, 6.07) is 12.7. The first kappa shape index (κ1) is 24.3. The van der Waals surface area contributed by atoms with Gasteiger partial charge in [0.1, 0.15) is 0 Å². The smallest absolute Gasteiger partial charge is 0.423 e. The van der Waals surface area contributed by atoms with Crippen molar-refractivity contribution >= 4 is 69.9 Å². The molecule has 2 rings (SSSR count). The number of hydrogen-bond acceptors (Lipinski definition) is 8. The van der Waals surface area contributed by atoms with Crippen LogP contribution in [0, 0.1) is 0 Å². The van der Waals surface area contributed by atoms with E-state index in [0.717, 1.165) is 0 Å². The fourth-order valence-electron chi connectivity index (χ4n) is 2.39. The summed E-state index contributed by atoms with van der Waals surface area (Å²) in [6.07, 6.45) is 0.568. The van der Waals surface area contributed by atoms with Gasteiger partial charge in [-0.05, 0) is 35.2 Å². The number of anilines is 2. The van der Waals surface area contributed by atoms with E-state index in [1.54, 1.807) is 36.4 Å². The second-order valence-corrected chi connectivity index (χ2v) is 8.94. The topological polar surface area (TPSA) is 139 Å². The lowest BCUT2D eigenvalue weighted by Crippen LogP contribution is -2.30. The molecule has 0 fully saturated rings. The van der Waals surface area contributed by atoms with E-state index in [0.29, 0.717) is 33.8 Å². The monoisotopic (exact) mass is 448 g/mol. The standard InChI is InChI=1S/C18H22B2N2O6S2/c23-17(21-15-5-1-3-13(11-15)19(25)26)7-9-29-30-10-8-18(24)22-16-6-2-4-14(12-16)20(27)28/h1-6,11-12,25-28H,7-10H2,(H,21,23)(H,22,24). The molecule has 0 aliphatic carbocycles. The zero-order chi connectivity index (χ0) is 21.9. The lowest BCUT2D eigenvalue weighted by atomic mass is 9.80. The summed E-state index contributed by atoms with van der Waals surface area (Å²) < 4.78 is 0. The first-order chi connectivity index (χ1) is 14.3. The van der Waals surface area contributed by atoms with E-state index in [4.69, 9.17) is 20.1 Å². The van der Waals surface area contributed by atoms with Crippen molar-refractivity contribution in [3.8, 4) is 0 Å². The molecule has 12 heteroatoms. The second kappa shape index (κ2) is 12.7. The Morgan fingerprint density at radius 1 is 0.733 bits per heavy atom. The van der Waals surface area contributed by atoms with Crippen LogP contribution in [0.4, 0.5) is 11.4 Å². The average molecular weight is 448 g/mol. The number of hydrogen-bond donors (Lipinski definition) is 6. The highest BCUT2D eigenvalue weighted by atomic mass is 33.1. The first-order valence-corrected chi connectivity index (χ1v) is 11.6. The van der Waals surface area contributed by atoms with Gasteiger partial charge in [0.2, 0.25) is 11.8 Å². The molecule has 0 spiro atoms. The maximum Gasteiger partial charge on any atom is 0.488 e. The highest BCUT2D eigenvalue weighted by Gasteiger charge is 2.13. The summed E-state index contributed by atoms with van der Waals surface area (Å²) in [5.74, 6) is 0.765. The molecule has 0 radical (unpaired) electrons. The molecule has 2 aromatic rings. The third-order valence-electron chi connectivity index (χ3n) is 3.85. The number of benzene rings is 2. The van der Waals surface area contributed by atoms with Crippen LogP contribution in [-0.4, -0.2) is 57.7 Å². The van der Waals surface area contributed by atoms with Gasteiger partial charge in [-0.15, -0.1) is 0 Å². The van der Waals surface area contributed by atoms with Gasteiger partial charge in [0, 0.05) is 35.7 Å². The molecule has 0 saturated carbocycles. The minimum absolute atomic E-state index is 0.184. The van der Waals surface area contributed by atoms with Gasteiger partial charge in [0.05, 0.1) is 0 Å². The molecule has 0 heterocycles. The molecule has 0 bridgehead atoms. The quantitative estimate of drug-likeness (QED) is 0.158. The average Bonchev–Trinajstić information content (AvgIpc) is 2.71. The molecule has 0 saturated heterocycles. The van der Waals surface area contributed by atoms with Crippen LogP contribution < -0.4 is 21.6 Å². The van der Waals surface area contributed by atoms with Crippen molar-refractivity contribution in [2.45, 2.75) is 12.8 Å². The van der Waals surface area contributed by atoms with Crippen LogP contribution in [0.3, 0.4) is 0 Å². The molecule has 2 amide bonds. The van der Waals surface area contributed by atoms with Gasteiger partial charge in [-0.1, -0.05) is 45.9 Å². The summed E-state index contributed by atoms with van der Waals surface area (Å²) >= 11 is 0. The molecular weight excluding hydrogens is 426 g/mol. The predicted molar refractivity (Wildman–Crippen MR) is 124 cm³/mol. The van der Waals surface area contributed by atoms with Crippen LogP contribution >= 0.6 is 21.6 Å². The van der Waals surface area contributed by atoms with E-state index in [9.17, 15) is 9.59 Å². The van der Waals surface area contributed by atoms with Crippen molar-refractivity contribution in [3.63, 3.8) is 0 Å². The highest BCUT2D eigenvalue weighted by molar-refractivity contribution is 8.76. The molecule has 2 aromatic carbocycles. The number of nitrogens with one attached hydrogen (secondary N) is 2. The van der Waals surface area contributed by atoms with E-state index in [1.807, 2.05) is 0 Å². The Kier molecular flexibility index (Phi) is 10.3. The van der Waals surface area contributed by atoms with Gasteiger partial charge in [0.25, 0.3) is 0 Å². The molecular formula is C18H22B2N2O6S2. The Morgan fingerprint density at radius 2 is 1.13 bits per heavy atom. The van der Waals surface area contributed by atoms with E-state index in [2.05, 4.69) is 10.6 Å². The molecule has 0 atom stereocenters. The molecule has 8 nitrogen and oxygen atoms in total. The Morgan fingerprint density at radius 3 is 1.50 bits per heavy atom. The number of carbonyl (C=O) groups is 2. The zero-order valence-electron chi connectivity index (χ0n) is 16.0. The second-order valence-electron chi connectivity index (χ2n) is 6.24. The van der Waals surface area contributed by atoms with E-state index < -0.39 is 14.2 Å². The SMILES string of the molecule is O=C(CCSSCCC(=O)Nc1cccc(B(O)O)c1)Nc1cccc(B(O)O)c1. The van der Waals surface area contributed by atoms with Gasteiger partial charge in [-0.25, -0.2) is 0 Å². The summed E-state index contributed by atoms with van der Waals surface area (Å²) in [5, 5.41) is 42.0. The Labute approximate surface area is 183 Å². The van der Waals surface area contributed by atoms with Crippen LogP contribution in [0.2, 0.25) is 0 Å². The molecule has 0 unspecified atom stereocenters. The Bertz CT molecular complexity index is 787. The molecule has 0 aromatic heterocycles. The van der Waals surface area contributed by atoms with Crippen LogP contribution in [0.5, 0.6) is 0 Å². The van der Waals surface area contributed by atoms with Gasteiger partial charge in [-0.3, -0.25) is 9.59 Å². The van der Waals surface area contributed by atoms with E-state index in [1.165, 1.54) is 33.7 Å². The van der Waals surface area contributed by atoms with E-state index >= 15 is 0 Å². The van der Waals surface area contributed by atoms with Crippen molar-refractivity contribution in [3.05, 3.63) is 48.5 Å². The lowest BCUT2D eigenvalue weighted by molar-refractivity contribution is -0.116. The summed E-state index contributed by atoms with van der Waals surface area (Å²) in [4.78, 5) is 23.9. The maximum absolute atomic E-state index is 12.0. The summed E-state index contributed by atoms with van der Waals surface area (Å²) in [5.41, 5.74) is 1.60. The van der Waals surface area contributed by atoms with Gasteiger partial charge in [0.15, 0.2) is 0 Å². The fourth-order valence-corrected chi connectivity index (χ4v) is 4.37. The van der Waals surface area contributed by atoms with Crippen molar-refractivity contribution in [2.75, 3.05) is 22.1 Å². The third kappa shape index (κ3) is 8.82. The van der Waals surface area contributed by atoms with Crippen molar-refractivity contribution in [2.24, 2.45) is 0 Å². The van der Waals surface area contributed by atoms with Crippen molar-refractivity contribution in [1.29, 1.82) is 0 Å². The molecule has 0 aliphatic heterocycles. The minimum atomic E-state index is -1.59. The lowest BCUT2D eigenvalue weighted by Gasteiger charge is -2.08. The largest absolute Gasteiger partial charge is 0.488 e. The van der Waals surface area contributed by atoms with Crippen LogP contribution in [0.1, 0.15) is 12.8 Å². The summed E-state index contributed by atoms with van der Waals surface area (Å²) in [7, 11) is -0.205. The highest BCUT2D eigenvalue weighted by Crippen LogP contribution is 2.23. The zero-order valence-corrected chi connectivity index (χ0v) is 17.7. The van der Waals surface area contributed by atoms with Crippen LogP contribution in [0.25, 0.3) is 0 Å². The predicted octanol–water partition coefficient (Wildman–Crippen LogP) is -0.215.